The molecule has 0 aromatic heterocycles. The second-order valence-corrected chi connectivity index (χ2v) is 1.67. The van der Waals surface area contributed by atoms with Crippen molar-refractivity contribution in [2.45, 2.75) is 33.6 Å². The Morgan fingerprint density at radius 1 is 1.00 bits per heavy atom. The number of nitrogens with zero attached hydrogens (tertiary/aromatic N) is 1. The van der Waals surface area contributed by atoms with Gasteiger partial charge in [0.15, 0.2) is 0 Å². The van der Waals surface area contributed by atoms with E-state index >= 15 is 0 Å². The molecule has 1 nitrogen and oxygen atoms in total. The summed E-state index contributed by atoms with van der Waals surface area (Å²) in [5.41, 5.74) is 0. The summed E-state index contributed by atoms with van der Waals surface area (Å²) in [6.07, 6.45) is 2.39. The molecule has 61 valence electrons. The Balaban J connectivity index is -0.000000149. The van der Waals surface area contributed by atoms with E-state index in [1.807, 2.05) is 0 Å². The molecule has 0 heterocycles. The standard InChI is InChI=1S/C6H14N.C2H5.Y/c1-3-5-7-6-4-2;1-2;/h3-6H2,1-2H3;1H2,2H3;/q2*-1;. The summed E-state index contributed by atoms with van der Waals surface area (Å²) in [4.78, 5) is 0. The summed E-state index contributed by atoms with van der Waals surface area (Å²) in [6.45, 7) is 11.4. The van der Waals surface area contributed by atoms with Gasteiger partial charge in [-0.25, -0.2) is 0 Å². The van der Waals surface area contributed by atoms with E-state index in [4.69, 9.17) is 0 Å². The van der Waals surface area contributed by atoms with Gasteiger partial charge in [0.1, 0.15) is 0 Å². The van der Waals surface area contributed by atoms with Crippen LogP contribution in [0.15, 0.2) is 0 Å². The average Bonchev–Trinajstić information content (AvgIpc) is 1.94. The predicted molar refractivity (Wildman–Crippen MR) is 44.7 cm³/mol. The van der Waals surface area contributed by atoms with E-state index in [9.17, 15) is 0 Å². The molecule has 0 unspecified atom stereocenters. The van der Waals surface area contributed by atoms with Crippen LogP contribution in [0, 0.1) is 6.92 Å². The molecule has 1 radical (unpaired) electrons. The van der Waals surface area contributed by atoms with Gasteiger partial charge in [-0.1, -0.05) is 26.7 Å². The fourth-order valence-corrected chi connectivity index (χ4v) is 0.428. The van der Waals surface area contributed by atoms with Gasteiger partial charge in [0, 0.05) is 32.7 Å². The molecule has 0 amide bonds. The maximum Gasteiger partial charge on any atom is 0 e. The predicted octanol–water partition coefficient (Wildman–Crippen LogP) is 3.02. The Labute approximate surface area is 91.2 Å². The van der Waals surface area contributed by atoms with E-state index in [2.05, 4.69) is 26.1 Å². The minimum absolute atomic E-state index is 0. The second kappa shape index (κ2) is 22.5. The molecule has 10 heavy (non-hydrogen) atoms. The first-order valence-corrected chi connectivity index (χ1v) is 3.75. The third-order valence-electron chi connectivity index (χ3n) is 0.763. The van der Waals surface area contributed by atoms with E-state index in [1.165, 1.54) is 12.8 Å². The van der Waals surface area contributed by atoms with Crippen molar-refractivity contribution in [2.75, 3.05) is 13.1 Å². The summed E-state index contributed by atoms with van der Waals surface area (Å²) in [5, 5.41) is 4.21. The summed E-state index contributed by atoms with van der Waals surface area (Å²) < 4.78 is 0. The zero-order valence-corrected chi connectivity index (χ0v) is 10.4. The first-order chi connectivity index (χ1) is 4.41. The fourth-order valence-electron chi connectivity index (χ4n) is 0.428. The van der Waals surface area contributed by atoms with Crippen molar-refractivity contribution in [3.8, 4) is 0 Å². The Bertz CT molecular complexity index is 28.4. The van der Waals surface area contributed by atoms with Gasteiger partial charge in [-0.2, -0.15) is 6.92 Å². The molecule has 0 aliphatic heterocycles. The minimum Gasteiger partial charge on any atom is -0.662 e. The van der Waals surface area contributed by atoms with E-state index in [1.54, 1.807) is 6.92 Å². The molecule has 2 heteroatoms. The van der Waals surface area contributed by atoms with E-state index < -0.39 is 0 Å². The van der Waals surface area contributed by atoms with Crippen LogP contribution in [0.5, 0.6) is 0 Å². The zero-order chi connectivity index (χ0) is 7.54. The van der Waals surface area contributed by atoms with Crippen LogP contribution in [0.1, 0.15) is 33.6 Å². The van der Waals surface area contributed by atoms with Crippen LogP contribution in [-0.2, 0) is 32.7 Å². The topological polar surface area (TPSA) is 14.1 Å². The molecule has 0 fully saturated rings. The van der Waals surface area contributed by atoms with E-state index in [0.29, 0.717) is 0 Å². The molecule has 0 saturated heterocycles. The van der Waals surface area contributed by atoms with Gasteiger partial charge in [-0.3, -0.25) is 0 Å². The summed E-state index contributed by atoms with van der Waals surface area (Å²) in [6, 6.07) is 0. The summed E-state index contributed by atoms with van der Waals surface area (Å²) in [7, 11) is 0. The summed E-state index contributed by atoms with van der Waals surface area (Å²) in [5.74, 6) is 0. The number of rotatable bonds is 4. The van der Waals surface area contributed by atoms with Crippen molar-refractivity contribution >= 4 is 0 Å². The van der Waals surface area contributed by atoms with Crippen LogP contribution < -0.4 is 0 Å². The van der Waals surface area contributed by atoms with Gasteiger partial charge in [-0.05, 0) is 0 Å². The van der Waals surface area contributed by atoms with Crippen LogP contribution >= 0.6 is 0 Å². The van der Waals surface area contributed by atoms with Crippen molar-refractivity contribution in [1.29, 1.82) is 0 Å². The van der Waals surface area contributed by atoms with E-state index in [-0.39, 0.29) is 32.7 Å². The molecule has 0 bridgehead atoms. The van der Waals surface area contributed by atoms with Gasteiger partial charge < -0.3 is 12.2 Å². The van der Waals surface area contributed by atoms with Crippen molar-refractivity contribution in [1.82, 2.24) is 0 Å². The van der Waals surface area contributed by atoms with Crippen LogP contribution in [0.4, 0.5) is 0 Å². The van der Waals surface area contributed by atoms with Crippen molar-refractivity contribution < 1.29 is 32.7 Å². The molecular formula is C8H19NY-2. The third kappa shape index (κ3) is 23.0. The normalized spacial score (nSPS) is 7.20. The molecule has 0 aliphatic carbocycles. The van der Waals surface area contributed by atoms with Gasteiger partial charge >= 0.3 is 0 Å². The maximum absolute atomic E-state index is 4.21. The Kier molecular flexibility index (Phi) is 38.7. The van der Waals surface area contributed by atoms with Crippen molar-refractivity contribution in [3.63, 3.8) is 0 Å². The minimum atomic E-state index is 0. The summed E-state index contributed by atoms with van der Waals surface area (Å²) >= 11 is 0. The van der Waals surface area contributed by atoms with Gasteiger partial charge in [0.25, 0.3) is 0 Å². The first kappa shape index (κ1) is 17.2. The average molecular weight is 218 g/mol. The van der Waals surface area contributed by atoms with Gasteiger partial charge in [0.2, 0.25) is 0 Å². The zero-order valence-electron chi connectivity index (χ0n) is 7.56. The molecule has 0 N–H and O–H groups in total. The van der Waals surface area contributed by atoms with E-state index in [0.717, 1.165) is 13.1 Å². The van der Waals surface area contributed by atoms with Crippen LogP contribution in [-0.4, -0.2) is 13.1 Å². The largest absolute Gasteiger partial charge is 0.662 e. The van der Waals surface area contributed by atoms with Crippen molar-refractivity contribution in [2.24, 2.45) is 0 Å². The first-order valence-electron chi connectivity index (χ1n) is 3.75. The molecule has 0 atom stereocenters. The number of hydrogen-bond acceptors (Lipinski definition) is 0. The van der Waals surface area contributed by atoms with Gasteiger partial charge in [0.05, 0.1) is 0 Å². The molecule has 0 spiro atoms. The molecule has 0 aromatic carbocycles. The molecule has 0 saturated carbocycles. The maximum atomic E-state index is 4.21. The van der Waals surface area contributed by atoms with Crippen molar-refractivity contribution in [3.05, 3.63) is 12.2 Å². The quantitative estimate of drug-likeness (QED) is 0.508. The van der Waals surface area contributed by atoms with Crippen LogP contribution in [0.3, 0.4) is 0 Å². The molecule has 0 aliphatic rings. The molecule has 0 aromatic rings. The fraction of sp³-hybridized carbons (Fsp3) is 0.875. The second-order valence-electron chi connectivity index (χ2n) is 1.67. The third-order valence-corrected chi connectivity index (χ3v) is 0.763. The smallest absolute Gasteiger partial charge is 0 e. The SMILES string of the molecule is CCC[N-]CCC.[CH2-]C.[Y]. The van der Waals surface area contributed by atoms with Gasteiger partial charge in [-0.15, -0.1) is 13.1 Å². The Morgan fingerprint density at radius 2 is 1.30 bits per heavy atom. The Hall–Kier alpha value is 1.06. The Morgan fingerprint density at radius 3 is 1.50 bits per heavy atom. The monoisotopic (exact) mass is 218 g/mol. The van der Waals surface area contributed by atoms with Crippen LogP contribution in [0.25, 0.3) is 5.32 Å². The molecular weight excluding hydrogens is 199 g/mol. The molecule has 0 rings (SSSR count). The van der Waals surface area contributed by atoms with Crippen LogP contribution in [0.2, 0.25) is 0 Å². The number of hydrogen-bond donors (Lipinski definition) is 0.